The largest absolute Gasteiger partial charge is 0.489 e. The number of nitrogens with zero attached hydrogens (tertiary/aromatic N) is 1. The van der Waals surface area contributed by atoms with E-state index in [2.05, 4.69) is 10.3 Å². The lowest BCUT2D eigenvalue weighted by Gasteiger charge is -2.18. The second kappa shape index (κ2) is 7.98. The molecule has 0 radical (unpaired) electrons. The lowest BCUT2D eigenvalue weighted by atomic mass is 10.1. The highest BCUT2D eigenvalue weighted by Gasteiger charge is 2.10. The molecule has 0 saturated carbocycles. The van der Waals surface area contributed by atoms with Crippen LogP contribution in [0.2, 0.25) is 5.02 Å². The summed E-state index contributed by atoms with van der Waals surface area (Å²) in [5.74, 6) is 0.584. The SMILES string of the molecule is C[C@H](NCC(O)COc1ccccc1Cl)c1ccncc1. The average Bonchev–Trinajstić information content (AvgIpc) is 2.52. The molecular formula is C16H19ClN2O2. The molecule has 2 atom stereocenters. The van der Waals surface area contributed by atoms with Crippen molar-refractivity contribution in [2.24, 2.45) is 0 Å². The predicted octanol–water partition coefficient (Wildman–Crippen LogP) is 2.83. The number of aromatic nitrogens is 1. The highest BCUT2D eigenvalue weighted by molar-refractivity contribution is 6.32. The Morgan fingerprint density at radius 2 is 1.95 bits per heavy atom. The van der Waals surface area contributed by atoms with Gasteiger partial charge in [-0.05, 0) is 36.8 Å². The monoisotopic (exact) mass is 306 g/mol. The Balaban J connectivity index is 1.75. The number of aliphatic hydroxyl groups is 1. The fourth-order valence-electron chi connectivity index (χ4n) is 1.89. The number of halogens is 1. The molecule has 1 aromatic carbocycles. The van der Waals surface area contributed by atoms with Crippen molar-refractivity contribution in [2.75, 3.05) is 13.2 Å². The van der Waals surface area contributed by atoms with Crippen LogP contribution < -0.4 is 10.1 Å². The van der Waals surface area contributed by atoms with E-state index >= 15 is 0 Å². The number of hydrogen-bond donors (Lipinski definition) is 2. The Bertz CT molecular complexity index is 551. The Labute approximate surface area is 129 Å². The standard InChI is InChI=1S/C16H19ClN2O2/c1-12(13-6-8-18-9-7-13)19-10-14(20)11-21-16-5-3-2-4-15(16)17/h2-9,12,14,19-20H,10-11H2,1H3/t12-,14?/m0/s1. The van der Waals surface area contributed by atoms with Gasteiger partial charge in [-0.3, -0.25) is 4.98 Å². The van der Waals surface area contributed by atoms with Crippen LogP contribution >= 0.6 is 11.6 Å². The number of benzene rings is 1. The molecule has 5 heteroatoms. The molecule has 1 heterocycles. The van der Waals surface area contributed by atoms with Crippen molar-refractivity contribution in [3.05, 3.63) is 59.4 Å². The van der Waals surface area contributed by atoms with Gasteiger partial charge in [0.25, 0.3) is 0 Å². The minimum absolute atomic E-state index is 0.142. The van der Waals surface area contributed by atoms with Crippen molar-refractivity contribution in [1.82, 2.24) is 10.3 Å². The van der Waals surface area contributed by atoms with E-state index in [-0.39, 0.29) is 12.6 Å². The molecule has 0 amide bonds. The topological polar surface area (TPSA) is 54.4 Å². The van der Waals surface area contributed by atoms with Crippen LogP contribution in [-0.4, -0.2) is 29.3 Å². The van der Waals surface area contributed by atoms with E-state index in [0.29, 0.717) is 17.3 Å². The van der Waals surface area contributed by atoms with E-state index in [1.54, 1.807) is 24.5 Å². The quantitative estimate of drug-likeness (QED) is 0.826. The van der Waals surface area contributed by atoms with Crippen molar-refractivity contribution >= 4 is 11.6 Å². The third-order valence-electron chi connectivity index (χ3n) is 3.13. The van der Waals surface area contributed by atoms with Gasteiger partial charge in [-0.1, -0.05) is 23.7 Å². The number of rotatable bonds is 7. The number of para-hydroxylation sites is 1. The van der Waals surface area contributed by atoms with Gasteiger partial charge in [-0.25, -0.2) is 0 Å². The van der Waals surface area contributed by atoms with Crippen LogP contribution in [-0.2, 0) is 0 Å². The summed E-state index contributed by atoms with van der Waals surface area (Å²) in [6.45, 7) is 2.67. The van der Waals surface area contributed by atoms with E-state index in [9.17, 15) is 5.11 Å². The molecule has 0 bridgehead atoms. The summed E-state index contributed by atoms with van der Waals surface area (Å²) in [5.41, 5.74) is 1.13. The lowest BCUT2D eigenvalue weighted by Crippen LogP contribution is -2.33. The van der Waals surface area contributed by atoms with Crippen molar-refractivity contribution in [1.29, 1.82) is 0 Å². The molecule has 112 valence electrons. The number of aliphatic hydroxyl groups excluding tert-OH is 1. The minimum atomic E-state index is -0.606. The molecular weight excluding hydrogens is 288 g/mol. The highest BCUT2D eigenvalue weighted by Crippen LogP contribution is 2.23. The first-order valence-electron chi connectivity index (χ1n) is 6.85. The van der Waals surface area contributed by atoms with Crippen LogP contribution in [0.4, 0.5) is 0 Å². The zero-order valence-corrected chi connectivity index (χ0v) is 12.6. The van der Waals surface area contributed by atoms with Crippen molar-refractivity contribution in [2.45, 2.75) is 19.1 Å². The maximum absolute atomic E-state index is 9.95. The Hall–Kier alpha value is -1.62. The van der Waals surface area contributed by atoms with Gasteiger partial charge in [-0.2, -0.15) is 0 Å². The summed E-state index contributed by atoms with van der Waals surface area (Å²) in [5, 5.41) is 13.8. The maximum Gasteiger partial charge on any atom is 0.138 e. The van der Waals surface area contributed by atoms with Gasteiger partial charge in [-0.15, -0.1) is 0 Å². The molecule has 0 aliphatic rings. The van der Waals surface area contributed by atoms with Gasteiger partial charge in [0.15, 0.2) is 0 Å². The summed E-state index contributed by atoms with van der Waals surface area (Å²) >= 11 is 5.99. The first-order chi connectivity index (χ1) is 10.2. The first-order valence-corrected chi connectivity index (χ1v) is 7.23. The summed E-state index contributed by atoms with van der Waals surface area (Å²) < 4.78 is 5.50. The van der Waals surface area contributed by atoms with E-state index in [4.69, 9.17) is 16.3 Å². The molecule has 4 nitrogen and oxygen atoms in total. The number of ether oxygens (including phenoxy) is 1. The molecule has 0 aliphatic heterocycles. The van der Waals surface area contributed by atoms with E-state index < -0.39 is 6.10 Å². The molecule has 2 rings (SSSR count). The minimum Gasteiger partial charge on any atom is -0.489 e. The molecule has 2 aromatic rings. The van der Waals surface area contributed by atoms with Crippen LogP contribution in [0.5, 0.6) is 5.75 Å². The lowest BCUT2D eigenvalue weighted by molar-refractivity contribution is 0.104. The Morgan fingerprint density at radius 1 is 1.24 bits per heavy atom. The van der Waals surface area contributed by atoms with Gasteiger partial charge in [0.2, 0.25) is 0 Å². The number of pyridine rings is 1. The fraction of sp³-hybridized carbons (Fsp3) is 0.312. The normalized spacial score (nSPS) is 13.7. The molecule has 21 heavy (non-hydrogen) atoms. The zero-order valence-electron chi connectivity index (χ0n) is 11.9. The van der Waals surface area contributed by atoms with E-state index in [0.717, 1.165) is 5.56 Å². The molecule has 2 N–H and O–H groups in total. The molecule has 0 spiro atoms. The fourth-order valence-corrected chi connectivity index (χ4v) is 2.08. The van der Waals surface area contributed by atoms with Gasteiger partial charge in [0, 0.05) is 25.0 Å². The highest BCUT2D eigenvalue weighted by atomic mass is 35.5. The predicted molar refractivity (Wildman–Crippen MR) is 83.6 cm³/mol. The maximum atomic E-state index is 9.95. The van der Waals surface area contributed by atoms with Gasteiger partial charge < -0.3 is 15.2 Å². The van der Waals surface area contributed by atoms with Crippen molar-refractivity contribution < 1.29 is 9.84 Å². The first kappa shape index (κ1) is 15.8. The van der Waals surface area contributed by atoms with E-state index in [1.807, 2.05) is 31.2 Å². The average molecular weight is 307 g/mol. The molecule has 1 aromatic heterocycles. The number of nitrogens with one attached hydrogen (secondary N) is 1. The van der Waals surface area contributed by atoms with Gasteiger partial charge in [0.1, 0.15) is 18.5 Å². The molecule has 1 unspecified atom stereocenters. The smallest absolute Gasteiger partial charge is 0.138 e. The van der Waals surface area contributed by atoms with Crippen LogP contribution in [0.25, 0.3) is 0 Å². The Morgan fingerprint density at radius 3 is 2.67 bits per heavy atom. The second-order valence-electron chi connectivity index (χ2n) is 4.81. The summed E-state index contributed by atoms with van der Waals surface area (Å²) in [6, 6.07) is 11.3. The molecule has 0 fully saturated rings. The van der Waals surface area contributed by atoms with Crippen LogP contribution in [0, 0.1) is 0 Å². The zero-order chi connectivity index (χ0) is 15.1. The third kappa shape index (κ3) is 5.01. The van der Waals surface area contributed by atoms with Crippen LogP contribution in [0.15, 0.2) is 48.8 Å². The molecule has 0 saturated heterocycles. The Kier molecular flexibility index (Phi) is 5.99. The van der Waals surface area contributed by atoms with Crippen LogP contribution in [0.1, 0.15) is 18.5 Å². The second-order valence-corrected chi connectivity index (χ2v) is 5.21. The van der Waals surface area contributed by atoms with Gasteiger partial charge >= 0.3 is 0 Å². The summed E-state index contributed by atoms with van der Waals surface area (Å²) in [6.07, 6.45) is 2.90. The third-order valence-corrected chi connectivity index (χ3v) is 3.45. The summed E-state index contributed by atoms with van der Waals surface area (Å²) in [4.78, 5) is 3.98. The molecule has 0 aliphatic carbocycles. The summed E-state index contributed by atoms with van der Waals surface area (Å²) in [7, 11) is 0. The van der Waals surface area contributed by atoms with E-state index in [1.165, 1.54) is 0 Å². The number of hydrogen-bond acceptors (Lipinski definition) is 4. The van der Waals surface area contributed by atoms with Gasteiger partial charge in [0.05, 0.1) is 5.02 Å². The van der Waals surface area contributed by atoms with Crippen molar-refractivity contribution in [3.63, 3.8) is 0 Å². The van der Waals surface area contributed by atoms with Crippen LogP contribution in [0.3, 0.4) is 0 Å². The van der Waals surface area contributed by atoms with Crippen molar-refractivity contribution in [3.8, 4) is 5.75 Å².